The van der Waals surface area contributed by atoms with E-state index in [2.05, 4.69) is 5.10 Å². The molecule has 0 spiro atoms. The van der Waals surface area contributed by atoms with Gasteiger partial charge >= 0.3 is 5.56 Å². The van der Waals surface area contributed by atoms with Crippen LogP contribution in [0.3, 0.4) is 0 Å². The van der Waals surface area contributed by atoms with Crippen molar-refractivity contribution in [3.05, 3.63) is 76.5 Å². The summed E-state index contributed by atoms with van der Waals surface area (Å²) < 4.78 is 40.0. The van der Waals surface area contributed by atoms with Crippen molar-refractivity contribution in [2.45, 2.75) is 18.6 Å². The Balaban J connectivity index is 2.01. The number of ether oxygens (including phenoxy) is 1. The molecule has 9 heteroatoms. The number of benzene rings is 2. The third-order valence-corrected chi connectivity index (χ3v) is 4.85. The standard InChI is InChI=1S/C21H19FN2O5S/c22-17-7-9-18(10-8-17)24-21(26)20(29-12-2-1-11-25)19(13-23-24)16-5-3-15(4-6-16)14-30(27)28/h3-11,13H,1-2,12,14H2,(H,27,28). The Morgan fingerprint density at radius 3 is 2.47 bits per heavy atom. The number of hydrogen-bond acceptors (Lipinski definition) is 5. The van der Waals surface area contributed by atoms with Gasteiger partial charge in [-0.3, -0.25) is 4.79 Å². The lowest BCUT2D eigenvalue weighted by Crippen LogP contribution is -2.24. The third-order valence-electron chi connectivity index (χ3n) is 4.27. The summed E-state index contributed by atoms with van der Waals surface area (Å²) >= 11 is -1.95. The van der Waals surface area contributed by atoms with Gasteiger partial charge in [-0.25, -0.2) is 8.60 Å². The predicted octanol–water partition coefficient (Wildman–Crippen LogP) is 3.12. The maximum absolute atomic E-state index is 13.2. The number of carbonyl (C=O) groups is 1. The number of unbranched alkanes of at least 4 members (excludes halogenated alkanes) is 1. The molecular weight excluding hydrogens is 411 g/mol. The minimum atomic E-state index is -1.95. The van der Waals surface area contributed by atoms with Crippen molar-refractivity contribution in [1.29, 1.82) is 0 Å². The molecule has 3 aromatic rings. The molecule has 0 bridgehead atoms. The largest absolute Gasteiger partial charge is 0.487 e. The molecule has 0 aliphatic carbocycles. The summed E-state index contributed by atoms with van der Waals surface area (Å²) in [5.74, 6) is -0.379. The van der Waals surface area contributed by atoms with Crippen LogP contribution in [0, 0.1) is 5.82 Å². The van der Waals surface area contributed by atoms with Crippen molar-refractivity contribution < 1.29 is 22.7 Å². The molecular formula is C21H19FN2O5S. The molecule has 0 amide bonds. The molecule has 3 rings (SSSR count). The molecule has 2 aromatic carbocycles. The molecule has 1 unspecified atom stereocenters. The molecule has 0 fully saturated rings. The molecule has 7 nitrogen and oxygen atoms in total. The SMILES string of the molecule is O=CCCCOc1c(-c2ccc(CS(=O)O)cc2)cnn(-c2ccc(F)cc2)c1=O. The lowest BCUT2D eigenvalue weighted by molar-refractivity contribution is -0.108. The smallest absolute Gasteiger partial charge is 0.314 e. The van der Waals surface area contributed by atoms with Gasteiger partial charge in [0, 0.05) is 12.0 Å². The van der Waals surface area contributed by atoms with E-state index in [1.165, 1.54) is 30.5 Å². The van der Waals surface area contributed by atoms with Crippen LogP contribution in [-0.2, 0) is 21.6 Å². The van der Waals surface area contributed by atoms with Gasteiger partial charge in [-0.2, -0.15) is 9.78 Å². The second-order valence-electron chi connectivity index (χ2n) is 6.40. The van der Waals surface area contributed by atoms with Gasteiger partial charge in [-0.05, 0) is 41.8 Å². The second kappa shape index (κ2) is 10.0. The molecule has 1 atom stereocenters. The molecule has 30 heavy (non-hydrogen) atoms. The Bertz CT molecular complexity index is 1100. The van der Waals surface area contributed by atoms with E-state index in [-0.39, 0.29) is 18.1 Å². The van der Waals surface area contributed by atoms with E-state index in [9.17, 15) is 18.2 Å². The first-order valence-electron chi connectivity index (χ1n) is 9.11. The molecule has 156 valence electrons. The highest BCUT2D eigenvalue weighted by molar-refractivity contribution is 7.78. The summed E-state index contributed by atoms with van der Waals surface area (Å²) in [5.41, 5.74) is 1.61. The number of carbonyl (C=O) groups excluding carboxylic acids is 1. The fourth-order valence-electron chi connectivity index (χ4n) is 2.81. The summed E-state index contributed by atoms with van der Waals surface area (Å²) in [6.45, 7) is 0.163. The van der Waals surface area contributed by atoms with Gasteiger partial charge in [0.15, 0.2) is 16.8 Å². The van der Waals surface area contributed by atoms with E-state index >= 15 is 0 Å². The zero-order chi connectivity index (χ0) is 21.5. The van der Waals surface area contributed by atoms with E-state index in [4.69, 9.17) is 9.29 Å². The van der Waals surface area contributed by atoms with Gasteiger partial charge in [0.1, 0.15) is 12.1 Å². The van der Waals surface area contributed by atoms with Gasteiger partial charge in [0.25, 0.3) is 0 Å². The zero-order valence-electron chi connectivity index (χ0n) is 15.9. The number of hydrogen-bond donors (Lipinski definition) is 1. The van der Waals surface area contributed by atoms with Crippen molar-refractivity contribution in [2.75, 3.05) is 6.61 Å². The minimum absolute atomic E-state index is 0.000254. The quantitative estimate of drug-likeness (QED) is 0.318. The third kappa shape index (κ3) is 5.25. The first-order valence-corrected chi connectivity index (χ1v) is 10.4. The summed E-state index contributed by atoms with van der Waals surface area (Å²) in [6.07, 6.45) is 3.00. The number of aromatic nitrogens is 2. The van der Waals surface area contributed by atoms with Gasteiger partial charge in [0.2, 0.25) is 0 Å². The van der Waals surface area contributed by atoms with E-state index < -0.39 is 22.5 Å². The van der Waals surface area contributed by atoms with Crippen molar-refractivity contribution >= 4 is 17.4 Å². The number of nitrogens with zero attached hydrogens (tertiary/aromatic N) is 2. The molecule has 1 N–H and O–H groups in total. The van der Waals surface area contributed by atoms with Crippen LogP contribution in [0.15, 0.2) is 59.5 Å². The Morgan fingerprint density at radius 2 is 1.83 bits per heavy atom. The Morgan fingerprint density at radius 1 is 1.13 bits per heavy atom. The number of rotatable bonds is 9. The van der Waals surface area contributed by atoms with Crippen LogP contribution >= 0.6 is 0 Å². The average molecular weight is 430 g/mol. The highest BCUT2D eigenvalue weighted by Crippen LogP contribution is 2.27. The maximum atomic E-state index is 13.2. The average Bonchev–Trinajstić information content (AvgIpc) is 2.73. The van der Waals surface area contributed by atoms with Crippen LogP contribution in [0.2, 0.25) is 0 Å². The molecule has 0 radical (unpaired) electrons. The van der Waals surface area contributed by atoms with Crippen molar-refractivity contribution in [1.82, 2.24) is 9.78 Å². The topological polar surface area (TPSA) is 98.5 Å². The predicted molar refractivity (Wildman–Crippen MR) is 110 cm³/mol. The Kier molecular flexibility index (Phi) is 7.21. The highest BCUT2D eigenvalue weighted by Gasteiger charge is 2.16. The van der Waals surface area contributed by atoms with Crippen molar-refractivity contribution in [2.24, 2.45) is 0 Å². The second-order valence-corrected chi connectivity index (χ2v) is 7.33. The Hall–Kier alpha value is -3.17. The fourth-order valence-corrected chi connectivity index (χ4v) is 3.29. The first kappa shape index (κ1) is 21.5. The Labute approximate surface area is 174 Å². The molecule has 0 aliphatic heterocycles. The molecule has 1 aromatic heterocycles. The molecule has 0 saturated heterocycles. The van der Waals surface area contributed by atoms with Gasteiger partial charge in [-0.15, -0.1) is 0 Å². The first-order chi connectivity index (χ1) is 14.5. The normalized spacial score (nSPS) is 11.8. The summed E-state index contributed by atoms with van der Waals surface area (Å²) in [7, 11) is 0. The maximum Gasteiger partial charge on any atom is 0.314 e. The summed E-state index contributed by atoms with van der Waals surface area (Å²) in [4.78, 5) is 23.6. The lowest BCUT2D eigenvalue weighted by atomic mass is 10.1. The fraction of sp³-hybridized carbons (Fsp3) is 0.190. The van der Waals surface area contributed by atoms with Gasteiger partial charge in [-0.1, -0.05) is 24.3 Å². The monoisotopic (exact) mass is 430 g/mol. The van der Waals surface area contributed by atoms with Crippen LogP contribution < -0.4 is 10.3 Å². The van der Waals surface area contributed by atoms with Crippen molar-refractivity contribution in [3.8, 4) is 22.6 Å². The van der Waals surface area contributed by atoms with E-state index in [0.29, 0.717) is 35.2 Å². The molecule has 0 aliphatic rings. The summed E-state index contributed by atoms with van der Waals surface area (Å²) in [5, 5.41) is 4.19. The van der Waals surface area contributed by atoms with Crippen LogP contribution in [0.4, 0.5) is 4.39 Å². The van der Waals surface area contributed by atoms with Crippen molar-refractivity contribution in [3.63, 3.8) is 0 Å². The summed E-state index contributed by atoms with van der Waals surface area (Å²) in [6, 6.07) is 12.1. The van der Waals surface area contributed by atoms with Crippen LogP contribution in [0.5, 0.6) is 5.75 Å². The zero-order valence-corrected chi connectivity index (χ0v) is 16.7. The minimum Gasteiger partial charge on any atom is -0.487 e. The number of halogens is 1. The van der Waals surface area contributed by atoms with E-state index in [1.54, 1.807) is 24.3 Å². The van der Waals surface area contributed by atoms with Gasteiger partial charge < -0.3 is 14.1 Å². The van der Waals surface area contributed by atoms with Crippen LogP contribution in [0.1, 0.15) is 18.4 Å². The van der Waals surface area contributed by atoms with Crippen LogP contribution in [-0.4, -0.2) is 31.4 Å². The van der Waals surface area contributed by atoms with E-state index in [1.807, 2.05) is 0 Å². The van der Waals surface area contributed by atoms with Crippen LogP contribution in [0.25, 0.3) is 16.8 Å². The van der Waals surface area contributed by atoms with E-state index in [0.717, 1.165) is 11.0 Å². The molecule has 0 saturated carbocycles. The molecule has 1 heterocycles. The van der Waals surface area contributed by atoms with Gasteiger partial charge in [0.05, 0.1) is 24.2 Å². The lowest BCUT2D eigenvalue weighted by Gasteiger charge is -2.13. The number of aldehydes is 1. The highest BCUT2D eigenvalue weighted by atomic mass is 32.2.